The summed E-state index contributed by atoms with van der Waals surface area (Å²) in [6.45, 7) is 3.01. The molecule has 1 aromatic heterocycles. The Labute approximate surface area is 109 Å². The van der Waals surface area contributed by atoms with Crippen molar-refractivity contribution < 1.29 is 0 Å². The molecule has 0 spiro atoms. The molecule has 1 heterocycles. The number of tetrazole rings is 1. The molecule has 0 aromatic carbocycles. The summed E-state index contributed by atoms with van der Waals surface area (Å²) in [7, 11) is 1.81. The van der Waals surface area contributed by atoms with Gasteiger partial charge in [0.1, 0.15) is 0 Å². The molecule has 1 aliphatic rings. The van der Waals surface area contributed by atoms with Gasteiger partial charge in [0.2, 0.25) is 0 Å². The van der Waals surface area contributed by atoms with Crippen molar-refractivity contribution >= 4 is 0 Å². The fraction of sp³-hybridized carbons (Fsp3) is 0.923. The highest BCUT2D eigenvalue weighted by molar-refractivity contribution is 4.94. The van der Waals surface area contributed by atoms with Crippen LogP contribution in [0.25, 0.3) is 0 Å². The molecule has 1 saturated carbocycles. The molecule has 0 bridgehead atoms. The third-order valence-corrected chi connectivity index (χ3v) is 4.38. The number of hydrogen-bond acceptors (Lipinski definition) is 4. The van der Waals surface area contributed by atoms with Crippen LogP contribution in [-0.4, -0.2) is 26.8 Å². The predicted molar refractivity (Wildman–Crippen MR) is 70.9 cm³/mol. The van der Waals surface area contributed by atoms with Crippen molar-refractivity contribution in [1.82, 2.24) is 20.2 Å². The van der Waals surface area contributed by atoms with E-state index in [9.17, 15) is 0 Å². The highest BCUT2D eigenvalue weighted by atomic mass is 15.6. The van der Waals surface area contributed by atoms with E-state index in [4.69, 9.17) is 5.73 Å². The molecule has 5 heteroatoms. The molecule has 1 fully saturated rings. The van der Waals surface area contributed by atoms with Gasteiger partial charge in [-0.1, -0.05) is 19.8 Å². The number of rotatable bonds is 5. The maximum atomic E-state index is 6.03. The minimum atomic E-state index is 0.216. The van der Waals surface area contributed by atoms with Gasteiger partial charge in [-0.25, -0.2) is 0 Å². The van der Waals surface area contributed by atoms with Crippen molar-refractivity contribution in [2.75, 3.05) is 6.54 Å². The minimum Gasteiger partial charge on any atom is -0.330 e. The standard InChI is InChI=1S/C13H25N5/c1-3-4-11-5-7-13(10-14,8-6-11)9-12-15-17-18(2)16-12/h11H,3-10,14H2,1-2H3. The highest BCUT2D eigenvalue weighted by Gasteiger charge is 2.35. The van der Waals surface area contributed by atoms with Crippen LogP contribution in [0.3, 0.4) is 0 Å². The van der Waals surface area contributed by atoms with E-state index in [0.29, 0.717) is 0 Å². The molecule has 0 aliphatic heterocycles. The van der Waals surface area contributed by atoms with E-state index in [0.717, 1.165) is 24.7 Å². The molecule has 0 amide bonds. The Bertz CT molecular complexity index is 365. The van der Waals surface area contributed by atoms with Crippen LogP contribution in [0.5, 0.6) is 0 Å². The summed E-state index contributed by atoms with van der Waals surface area (Å²) in [6, 6.07) is 0. The Morgan fingerprint density at radius 3 is 2.61 bits per heavy atom. The van der Waals surface area contributed by atoms with Crippen LogP contribution in [0.4, 0.5) is 0 Å². The zero-order valence-corrected chi connectivity index (χ0v) is 11.6. The van der Waals surface area contributed by atoms with E-state index in [1.54, 1.807) is 0 Å². The lowest BCUT2D eigenvalue weighted by molar-refractivity contribution is 0.148. The summed E-state index contributed by atoms with van der Waals surface area (Å²) in [6.07, 6.45) is 8.60. The average Bonchev–Trinajstić information content (AvgIpc) is 2.78. The van der Waals surface area contributed by atoms with Gasteiger partial charge in [-0.2, -0.15) is 4.80 Å². The van der Waals surface area contributed by atoms with Gasteiger partial charge in [0.15, 0.2) is 5.82 Å². The maximum Gasteiger partial charge on any atom is 0.175 e. The third kappa shape index (κ3) is 3.07. The first-order valence-corrected chi connectivity index (χ1v) is 7.10. The molecule has 18 heavy (non-hydrogen) atoms. The second-order valence-corrected chi connectivity index (χ2v) is 5.81. The van der Waals surface area contributed by atoms with Crippen LogP contribution in [0, 0.1) is 11.3 Å². The fourth-order valence-corrected chi connectivity index (χ4v) is 3.17. The van der Waals surface area contributed by atoms with Crippen LogP contribution in [0.15, 0.2) is 0 Å². The van der Waals surface area contributed by atoms with Crippen molar-refractivity contribution in [2.24, 2.45) is 24.1 Å². The molecule has 2 rings (SSSR count). The van der Waals surface area contributed by atoms with E-state index >= 15 is 0 Å². The zero-order valence-electron chi connectivity index (χ0n) is 11.6. The molecule has 0 saturated heterocycles. The largest absolute Gasteiger partial charge is 0.330 e. The Morgan fingerprint density at radius 1 is 1.39 bits per heavy atom. The van der Waals surface area contributed by atoms with E-state index in [1.165, 1.54) is 43.3 Å². The molecule has 1 aromatic rings. The summed E-state index contributed by atoms with van der Waals surface area (Å²) >= 11 is 0. The van der Waals surface area contributed by atoms with Crippen LogP contribution in [0.1, 0.15) is 51.3 Å². The number of nitrogens with zero attached hydrogens (tertiary/aromatic N) is 4. The van der Waals surface area contributed by atoms with Gasteiger partial charge in [0, 0.05) is 6.42 Å². The van der Waals surface area contributed by atoms with Crippen molar-refractivity contribution in [2.45, 2.75) is 51.9 Å². The van der Waals surface area contributed by atoms with Crippen molar-refractivity contribution in [3.05, 3.63) is 5.82 Å². The van der Waals surface area contributed by atoms with Crippen LogP contribution < -0.4 is 5.73 Å². The minimum absolute atomic E-state index is 0.216. The molecule has 0 unspecified atom stereocenters. The molecule has 5 nitrogen and oxygen atoms in total. The lowest BCUT2D eigenvalue weighted by Crippen LogP contribution is -2.37. The van der Waals surface area contributed by atoms with E-state index in [1.807, 2.05) is 7.05 Å². The summed E-state index contributed by atoms with van der Waals surface area (Å²) in [5.74, 6) is 1.75. The van der Waals surface area contributed by atoms with Gasteiger partial charge in [-0.05, 0) is 48.8 Å². The lowest BCUT2D eigenvalue weighted by atomic mass is 9.68. The highest BCUT2D eigenvalue weighted by Crippen LogP contribution is 2.41. The van der Waals surface area contributed by atoms with Crippen molar-refractivity contribution in [3.8, 4) is 0 Å². The van der Waals surface area contributed by atoms with Gasteiger partial charge < -0.3 is 5.73 Å². The Morgan fingerprint density at radius 2 is 2.11 bits per heavy atom. The Kier molecular flexibility index (Phi) is 4.32. The SMILES string of the molecule is CCCC1CCC(CN)(Cc2nnn(C)n2)CC1. The summed E-state index contributed by atoms with van der Waals surface area (Å²) in [5, 5.41) is 12.3. The first-order chi connectivity index (χ1) is 8.67. The van der Waals surface area contributed by atoms with Crippen molar-refractivity contribution in [1.29, 1.82) is 0 Å². The topological polar surface area (TPSA) is 69.6 Å². The Balaban J connectivity index is 1.96. The first-order valence-electron chi connectivity index (χ1n) is 7.10. The number of nitrogens with two attached hydrogens (primary N) is 1. The van der Waals surface area contributed by atoms with Crippen LogP contribution >= 0.6 is 0 Å². The van der Waals surface area contributed by atoms with Crippen LogP contribution in [-0.2, 0) is 13.5 Å². The lowest BCUT2D eigenvalue weighted by Gasteiger charge is -2.38. The van der Waals surface area contributed by atoms with Gasteiger partial charge in [0.05, 0.1) is 7.05 Å². The molecule has 0 radical (unpaired) electrons. The molecular formula is C13H25N5. The van der Waals surface area contributed by atoms with Crippen molar-refractivity contribution in [3.63, 3.8) is 0 Å². The van der Waals surface area contributed by atoms with E-state index in [2.05, 4.69) is 22.3 Å². The summed E-state index contributed by atoms with van der Waals surface area (Å²) in [5.41, 5.74) is 6.25. The average molecular weight is 251 g/mol. The zero-order chi connectivity index (χ0) is 13.0. The summed E-state index contributed by atoms with van der Waals surface area (Å²) < 4.78 is 0. The van der Waals surface area contributed by atoms with Crippen LogP contribution in [0.2, 0.25) is 0 Å². The normalized spacial score (nSPS) is 28.5. The maximum absolute atomic E-state index is 6.03. The predicted octanol–water partition coefficient (Wildman–Crippen LogP) is 1.69. The number of aromatic nitrogens is 4. The van der Waals surface area contributed by atoms with Gasteiger partial charge in [-0.15, -0.1) is 10.2 Å². The molecule has 102 valence electrons. The molecule has 1 aliphatic carbocycles. The van der Waals surface area contributed by atoms with Gasteiger partial charge in [-0.3, -0.25) is 0 Å². The third-order valence-electron chi connectivity index (χ3n) is 4.38. The van der Waals surface area contributed by atoms with E-state index in [-0.39, 0.29) is 5.41 Å². The first kappa shape index (κ1) is 13.5. The van der Waals surface area contributed by atoms with E-state index < -0.39 is 0 Å². The van der Waals surface area contributed by atoms with Gasteiger partial charge >= 0.3 is 0 Å². The molecular weight excluding hydrogens is 226 g/mol. The Hall–Kier alpha value is -0.970. The quantitative estimate of drug-likeness (QED) is 0.864. The van der Waals surface area contributed by atoms with Gasteiger partial charge in [0.25, 0.3) is 0 Å². The second kappa shape index (κ2) is 5.78. The monoisotopic (exact) mass is 251 g/mol. The fourth-order valence-electron chi connectivity index (χ4n) is 3.17. The number of aryl methyl sites for hydroxylation is 1. The molecule has 2 N–H and O–H groups in total. The molecule has 0 atom stereocenters. The number of hydrogen-bond donors (Lipinski definition) is 1. The second-order valence-electron chi connectivity index (χ2n) is 5.81. The summed E-state index contributed by atoms with van der Waals surface area (Å²) in [4.78, 5) is 1.53. The smallest absolute Gasteiger partial charge is 0.175 e.